The van der Waals surface area contributed by atoms with Gasteiger partial charge in [0.05, 0.1) is 6.54 Å². The molecule has 4 nitrogen and oxygen atoms in total. The van der Waals surface area contributed by atoms with Crippen LogP contribution in [0.15, 0.2) is 24.3 Å². The zero-order chi connectivity index (χ0) is 15.1. The Bertz CT molecular complexity index is 455. The van der Waals surface area contributed by atoms with E-state index in [1.165, 1.54) is 12.1 Å². The largest absolute Gasteiger partial charge is 0.355 e. The zero-order valence-corrected chi connectivity index (χ0v) is 13.8. The smallest absolute Gasteiger partial charge is 0.234 e. The highest BCUT2D eigenvalue weighted by Crippen LogP contribution is 2.15. The van der Waals surface area contributed by atoms with Gasteiger partial charge in [-0.25, -0.2) is 4.39 Å². The summed E-state index contributed by atoms with van der Waals surface area (Å²) in [5.41, 5.74) is 1.03. The van der Waals surface area contributed by atoms with Crippen molar-refractivity contribution in [3.63, 3.8) is 0 Å². The third-order valence-electron chi connectivity index (χ3n) is 3.93. The number of rotatable bonds is 7. The lowest BCUT2D eigenvalue weighted by Gasteiger charge is -2.23. The summed E-state index contributed by atoms with van der Waals surface area (Å²) in [7, 11) is 1.94. The molecule has 2 rings (SSSR count). The third-order valence-corrected chi connectivity index (χ3v) is 3.93. The van der Waals surface area contributed by atoms with Crippen LogP contribution < -0.4 is 10.6 Å². The molecule has 124 valence electrons. The molecule has 1 unspecified atom stereocenters. The normalized spacial score (nSPS) is 18.0. The van der Waals surface area contributed by atoms with E-state index in [4.69, 9.17) is 0 Å². The number of likely N-dealkylation sites (tertiary alicyclic amines) is 1. The highest BCUT2D eigenvalue weighted by Gasteiger charge is 2.25. The number of benzene rings is 1. The molecule has 0 aromatic heterocycles. The van der Waals surface area contributed by atoms with Crippen LogP contribution in [0.4, 0.5) is 4.39 Å². The molecule has 1 aliphatic rings. The summed E-state index contributed by atoms with van der Waals surface area (Å²) in [6.45, 7) is 2.99. The fourth-order valence-corrected chi connectivity index (χ4v) is 2.81. The lowest BCUT2D eigenvalue weighted by molar-refractivity contribution is -0.122. The molecule has 0 aliphatic carbocycles. The fourth-order valence-electron chi connectivity index (χ4n) is 2.81. The topological polar surface area (TPSA) is 44.4 Å². The Morgan fingerprint density at radius 3 is 2.77 bits per heavy atom. The summed E-state index contributed by atoms with van der Waals surface area (Å²) in [6, 6.07) is 6.88. The van der Waals surface area contributed by atoms with E-state index >= 15 is 0 Å². The van der Waals surface area contributed by atoms with Gasteiger partial charge in [-0.05, 0) is 50.6 Å². The molecule has 0 saturated carbocycles. The van der Waals surface area contributed by atoms with E-state index in [2.05, 4.69) is 15.5 Å². The SMILES string of the molecule is CNCC1CCCN1CC(=O)NCCc1ccc(F)cc1.Cl. The van der Waals surface area contributed by atoms with Crippen molar-refractivity contribution in [1.29, 1.82) is 0 Å². The minimum atomic E-state index is -0.229. The van der Waals surface area contributed by atoms with Gasteiger partial charge in [-0.3, -0.25) is 9.69 Å². The van der Waals surface area contributed by atoms with Gasteiger partial charge in [0.1, 0.15) is 5.82 Å². The van der Waals surface area contributed by atoms with Crippen LogP contribution in [-0.2, 0) is 11.2 Å². The minimum Gasteiger partial charge on any atom is -0.355 e. The van der Waals surface area contributed by atoms with Gasteiger partial charge in [-0.2, -0.15) is 0 Å². The molecule has 22 heavy (non-hydrogen) atoms. The number of carbonyl (C=O) groups is 1. The zero-order valence-electron chi connectivity index (χ0n) is 13.0. The van der Waals surface area contributed by atoms with Gasteiger partial charge in [-0.1, -0.05) is 12.1 Å². The van der Waals surface area contributed by atoms with Gasteiger partial charge >= 0.3 is 0 Å². The van der Waals surface area contributed by atoms with Crippen LogP contribution in [0.25, 0.3) is 0 Å². The standard InChI is InChI=1S/C16H24FN3O.ClH/c1-18-11-15-3-2-10-20(15)12-16(21)19-9-8-13-4-6-14(17)7-5-13;/h4-7,15,18H,2-3,8-12H2,1H3,(H,19,21);1H. The molecule has 1 saturated heterocycles. The second-order valence-corrected chi connectivity index (χ2v) is 5.55. The molecule has 1 aromatic carbocycles. The summed E-state index contributed by atoms with van der Waals surface area (Å²) in [5.74, 6) is -0.160. The van der Waals surface area contributed by atoms with Crippen LogP contribution in [0.2, 0.25) is 0 Å². The maximum absolute atomic E-state index is 12.8. The molecule has 0 spiro atoms. The molecule has 6 heteroatoms. The molecule has 2 N–H and O–H groups in total. The van der Waals surface area contributed by atoms with Crippen molar-refractivity contribution in [3.05, 3.63) is 35.6 Å². The first-order valence-corrected chi connectivity index (χ1v) is 7.59. The van der Waals surface area contributed by atoms with Gasteiger partial charge in [0.2, 0.25) is 5.91 Å². The molecule has 0 radical (unpaired) electrons. The number of nitrogens with one attached hydrogen (secondary N) is 2. The number of likely N-dealkylation sites (N-methyl/N-ethyl adjacent to an activating group) is 1. The monoisotopic (exact) mass is 329 g/mol. The summed E-state index contributed by atoms with van der Waals surface area (Å²) >= 11 is 0. The summed E-state index contributed by atoms with van der Waals surface area (Å²) in [6.07, 6.45) is 3.05. The third kappa shape index (κ3) is 5.91. The van der Waals surface area contributed by atoms with Crippen LogP contribution >= 0.6 is 12.4 Å². The van der Waals surface area contributed by atoms with Crippen LogP contribution in [0.1, 0.15) is 18.4 Å². The average molecular weight is 330 g/mol. The molecule has 1 amide bonds. The number of nitrogens with zero attached hydrogens (tertiary/aromatic N) is 1. The Kier molecular flexibility index (Phi) is 8.38. The Labute approximate surface area is 137 Å². The van der Waals surface area contributed by atoms with Gasteiger partial charge < -0.3 is 10.6 Å². The number of hydrogen-bond acceptors (Lipinski definition) is 3. The summed E-state index contributed by atoms with van der Waals surface area (Å²) in [4.78, 5) is 14.2. The van der Waals surface area contributed by atoms with E-state index in [1.54, 1.807) is 12.1 Å². The van der Waals surface area contributed by atoms with Crippen molar-refractivity contribution in [2.24, 2.45) is 0 Å². The number of amides is 1. The predicted molar refractivity (Wildman–Crippen MR) is 88.9 cm³/mol. The molecule has 1 aromatic rings. The van der Waals surface area contributed by atoms with Crippen molar-refractivity contribution < 1.29 is 9.18 Å². The number of carbonyl (C=O) groups excluding carboxylic acids is 1. The van der Waals surface area contributed by atoms with Gasteiger partial charge in [0, 0.05) is 19.1 Å². The Morgan fingerprint density at radius 1 is 1.36 bits per heavy atom. The number of halogens is 2. The van der Waals surface area contributed by atoms with Gasteiger partial charge in [0.25, 0.3) is 0 Å². The van der Waals surface area contributed by atoms with Crippen LogP contribution in [-0.4, -0.2) is 50.1 Å². The predicted octanol–water partition coefficient (Wildman–Crippen LogP) is 1.59. The quantitative estimate of drug-likeness (QED) is 0.798. The molecule has 1 fully saturated rings. The molecule has 1 atom stereocenters. The first kappa shape index (κ1) is 18.9. The Morgan fingerprint density at radius 2 is 2.09 bits per heavy atom. The van der Waals surface area contributed by atoms with E-state index < -0.39 is 0 Å². The van der Waals surface area contributed by atoms with Crippen molar-refractivity contribution in [2.75, 3.05) is 33.2 Å². The van der Waals surface area contributed by atoms with Crippen LogP contribution in [0.5, 0.6) is 0 Å². The second-order valence-electron chi connectivity index (χ2n) is 5.55. The van der Waals surface area contributed by atoms with E-state index in [9.17, 15) is 9.18 Å². The van der Waals surface area contributed by atoms with Crippen molar-refractivity contribution in [2.45, 2.75) is 25.3 Å². The lowest BCUT2D eigenvalue weighted by Crippen LogP contribution is -2.43. The molecule has 1 aliphatic heterocycles. The Hall–Kier alpha value is -1.17. The lowest BCUT2D eigenvalue weighted by atomic mass is 10.1. The molecular formula is C16H25ClFN3O. The van der Waals surface area contributed by atoms with E-state index in [-0.39, 0.29) is 24.1 Å². The van der Waals surface area contributed by atoms with Gasteiger partial charge in [-0.15, -0.1) is 12.4 Å². The molecular weight excluding hydrogens is 305 g/mol. The second kappa shape index (κ2) is 9.77. The minimum absolute atomic E-state index is 0. The first-order chi connectivity index (χ1) is 10.2. The van der Waals surface area contributed by atoms with Crippen LogP contribution in [0.3, 0.4) is 0 Å². The van der Waals surface area contributed by atoms with E-state index in [1.807, 2.05) is 7.05 Å². The highest BCUT2D eigenvalue weighted by molar-refractivity contribution is 5.85. The maximum atomic E-state index is 12.8. The molecule has 1 heterocycles. The van der Waals surface area contributed by atoms with Crippen molar-refractivity contribution >= 4 is 18.3 Å². The summed E-state index contributed by atoms with van der Waals surface area (Å²) in [5, 5.41) is 6.12. The first-order valence-electron chi connectivity index (χ1n) is 7.59. The van der Waals surface area contributed by atoms with E-state index in [0.29, 0.717) is 19.1 Å². The summed E-state index contributed by atoms with van der Waals surface area (Å²) < 4.78 is 12.8. The fraction of sp³-hybridized carbons (Fsp3) is 0.562. The maximum Gasteiger partial charge on any atom is 0.234 e. The number of hydrogen-bond donors (Lipinski definition) is 2. The van der Waals surface area contributed by atoms with Crippen LogP contribution in [0, 0.1) is 5.82 Å². The highest BCUT2D eigenvalue weighted by atomic mass is 35.5. The van der Waals surface area contributed by atoms with Crippen molar-refractivity contribution in [3.8, 4) is 0 Å². The molecule has 0 bridgehead atoms. The Balaban J connectivity index is 0.00000242. The van der Waals surface area contributed by atoms with Crippen molar-refractivity contribution in [1.82, 2.24) is 15.5 Å². The van der Waals surface area contributed by atoms with E-state index in [0.717, 1.165) is 37.9 Å². The van der Waals surface area contributed by atoms with Gasteiger partial charge in [0.15, 0.2) is 0 Å². The average Bonchev–Trinajstić information content (AvgIpc) is 2.89.